The van der Waals surface area contributed by atoms with Gasteiger partial charge in [-0.2, -0.15) is 0 Å². The summed E-state index contributed by atoms with van der Waals surface area (Å²) in [5, 5.41) is 2.94. The molecule has 150 valence electrons. The third-order valence-electron chi connectivity index (χ3n) is 4.87. The van der Waals surface area contributed by atoms with Gasteiger partial charge >= 0.3 is 0 Å². The highest BCUT2D eigenvalue weighted by molar-refractivity contribution is 5.88. The molecule has 4 nitrogen and oxygen atoms in total. The van der Waals surface area contributed by atoms with Crippen molar-refractivity contribution in [3.63, 3.8) is 0 Å². The van der Waals surface area contributed by atoms with Crippen LogP contribution in [-0.4, -0.2) is 28.8 Å². The van der Waals surface area contributed by atoms with E-state index in [1.807, 2.05) is 45.0 Å². The zero-order valence-electron chi connectivity index (χ0n) is 17.0. The molecule has 0 aliphatic carbocycles. The van der Waals surface area contributed by atoms with E-state index in [0.29, 0.717) is 0 Å². The summed E-state index contributed by atoms with van der Waals surface area (Å²) in [6.45, 7) is 7.89. The molecule has 2 aromatic carbocycles. The van der Waals surface area contributed by atoms with E-state index < -0.39 is 6.04 Å². The van der Waals surface area contributed by atoms with Gasteiger partial charge in [-0.3, -0.25) is 9.59 Å². The highest BCUT2D eigenvalue weighted by Crippen LogP contribution is 2.14. The Morgan fingerprint density at radius 1 is 1.07 bits per heavy atom. The number of halogens is 1. The highest BCUT2D eigenvalue weighted by Gasteiger charge is 2.26. The fraction of sp³-hybridized carbons (Fsp3) is 0.391. The Kier molecular flexibility index (Phi) is 7.73. The predicted molar refractivity (Wildman–Crippen MR) is 109 cm³/mol. The fourth-order valence-electron chi connectivity index (χ4n) is 2.93. The van der Waals surface area contributed by atoms with Crippen LogP contribution in [-0.2, 0) is 22.6 Å². The van der Waals surface area contributed by atoms with Crippen LogP contribution in [0.15, 0.2) is 48.5 Å². The Morgan fingerprint density at radius 2 is 1.75 bits per heavy atom. The summed E-state index contributed by atoms with van der Waals surface area (Å²) in [5.41, 5.74) is 2.77. The SMILES string of the molecule is CC[C@@H](C)NC(=O)[C@@H](C)N(Cc1ccc(F)cc1)C(=O)Cc1cccc(C)c1. The second-order valence-corrected chi connectivity index (χ2v) is 7.31. The van der Waals surface area contributed by atoms with E-state index in [9.17, 15) is 14.0 Å². The number of amides is 2. The van der Waals surface area contributed by atoms with Crippen molar-refractivity contribution in [1.29, 1.82) is 0 Å². The summed E-state index contributed by atoms with van der Waals surface area (Å²) in [4.78, 5) is 27.3. The molecule has 0 aliphatic rings. The molecule has 0 spiro atoms. The van der Waals surface area contributed by atoms with E-state index in [-0.39, 0.29) is 36.6 Å². The molecule has 5 heteroatoms. The lowest BCUT2D eigenvalue weighted by molar-refractivity contribution is -0.140. The molecule has 0 fully saturated rings. The van der Waals surface area contributed by atoms with Crippen LogP contribution in [0.1, 0.15) is 43.9 Å². The van der Waals surface area contributed by atoms with Crippen molar-refractivity contribution < 1.29 is 14.0 Å². The highest BCUT2D eigenvalue weighted by atomic mass is 19.1. The van der Waals surface area contributed by atoms with Crippen molar-refractivity contribution in [2.24, 2.45) is 0 Å². The van der Waals surface area contributed by atoms with Crippen LogP contribution < -0.4 is 5.32 Å². The van der Waals surface area contributed by atoms with Gasteiger partial charge in [-0.15, -0.1) is 0 Å². The number of hydrogen-bond acceptors (Lipinski definition) is 2. The molecule has 28 heavy (non-hydrogen) atoms. The van der Waals surface area contributed by atoms with E-state index in [1.54, 1.807) is 24.0 Å². The standard InChI is InChI=1S/C23H29FN2O2/c1-5-17(3)25-23(28)18(4)26(15-19-9-11-21(24)12-10-19)22(27)14-20-8-6-7-16(2)13-20/h6-13,17-18H,5,14-15H2,1-4H3,(H,25,28)/t17-,18-/m1/s1. The molecule has 2 amide bonds. The van der Waals surface area contributed by atoms with Crippen molar-refractivity contribution in [1.82, 2.24) is 10.2 Å². The number of carbonyl (C=O) groups is 2. The Hall–Kier alpha value is -2.69. The number of nitrogens with zero attached hydrogens (tertiary/aromatic N) is 1. The van der Waals surface area contributed by atoms with Gasteiger partial charge in [0.2, 0.25) is 11.8 Å². The largest absolute Gasteiger partial charge is 0.352 e. The number of rotatable bonds is 8. The zero-order chi connectivity index (χ0) is 20.7. The van der Waals surface area contributed by atoms with Gasteiger partial charge in [0, 0.05) is 12.6 Å². The zero-order valence-corrected chi connectivity index (χ0v) is 17.0. The summed E-state index contributed by atoms with van der Waals surface area (Å²) in [6, 6.07) is 13.2. The molecule has 2 atom stereocenters. The molecule has 2 rings (SSSR count). The fourth-order valence-corrected chi connectivity index (χ4v) is 2.93. The molecule has 0 bridgehead atoms. The Labute approximate surface area is 166 Å². The summed E-state index contributed by atoms with van der Waals surface area (Å²) in [7, 11) is 0. The minimum absolute atomic E-state index is 0.0366. The summed E-state index contributed by atoms with van der Waals surface area (Å²) < 4.78 is 13.2. The van der Waals surface area contributed by atoms with Crippen LogP contribution in [0.5, 0.6) is 0 Å². The van der Waals surface area contributed by atoms with Crippen LogP contribution in [0, 0.1) is 12.7 Å². The normalized spacial score (nSPS) is 12.9. The maximum atomic E-state index is 13.2. The first-order chi connectivity index (χ1) is 13.3. The molecule has 0 saturated carbocycles. The molecular weight excluding hydrogens is 355 g/mol. The Balaban J connectivity index is 2.22. The van der Waals surface area contributed by atoms with Gasteiger partial charge in [0.1, 0.15) is 11.9 Å². The summed E-state index contributed by atoms with van der Waals surface area (Å²) in [5.74, 6) is -0.653. The third-order valence-corrected chi connectivity index (χ3v) is 4.87. The van der Waals surface area contributed by atoms with Crippen molar-refractivity contribution in [3.8, 4) is 0 Å². The summed E-state index contributed by atoms with van der Waals surface area (Å²) >= 11 is 0. The van der Waals surface area contributed by atoms with Crippen LogP contribution in [0.25, 0.3) is 0 Å². The van der Waals surface area contributed by atoms with Gasteiger partial charge in [0.15, 0.2) is 0 Å². The first-order valence-electron chi connectivity index (χ1n) is 9.70. The lowest BCUT2D eigenvalue weighted by Crippen LogP contribution is -2.49. The topological polar surface area (TPSA) is 49.4 Å². The van der Waals surface area contributed by atoms with Crippen molar-refractivity contribution >= 4 is 11.8 Å². The molecule has 1 N–H and O–H groups in total. The average molecular weight is 384 g/mol. The lowest BCUT2D eigenvalue weighted by Gasteiger charge is -2.30. The monoisotopic (exact) mass is 384 g/mol. The van der Waals surface area contributed by atoms with Crippen LogP contribution in [0.4, 0.5) is 4.39 Å². The van der Waals surface area contributed by atoms with Crippen molar-refractivity contribution in [3.05, 3.63) is 71.0 Å². The average Bonchev–Trinajstić information content (AvgIpc) is 2.66. The van der Waals surface area contributed by atoms with Crippen molar-refractivity contribution in [2.75, 3.05) is 0 Å². The molecule has 0 aliphatic heterocycles. The molecule has 2 aromatic rings. The molecule has 0 heterocycles. The molecule has 0 aromatic heterocycles. The number of hydrogen-bond donors (Lipinski definition) is 1. The van der Waals surface area contributed by atoms with Crippen LogP contribution >= 0.6 is 0 Å². The predicted octanol–water partition coefficient (Wildman–Crippen LogP) is 4.01. The van der Waals surface area contributed by atoms with E-state index in [0.717, 1.165) is 23.1 Å². The van der Waals surface area contributed by atoms with Gasteiger partial charge in [-0.25, -0.2) is 4.39 Å². The van der Waals surface area contributed by atoms with Gasteiger partial charge in [0.05, 0.1) is 6.42 Å². The van der Waals surface area contributed by atoms with Gasteiger partial charge in [-0.1, -0.05) is 48.9 Å². The molecule has 0 radical (unpaired) electrons. The number of carbonyl (C=O) groups excluding carboxylic acids is 2. The van der Waals surface area contributed by atoms with E-state index in [4.69, 9.17) is 0 Å². The Morgan fingerprint density at radius 3 is 2.36 bits per heavy atom. The number of nitrogens with one attached hydrogen (secondary N) is 1. The number of aryl methyl sites for hydroxylation is 1. The quantitative estimate of drug-likeness (QED) is 0.748. The maximum Gasteiger partial charge on any atom is 0.242 e. The number of benzene rings is 2. The van der Waals surface area contributed by atoms with E-state index >= 15 is 0 Å². The Bertz CT molecular complexity index is 805. The maximum absolute atomic E-state index is 13.2. The van der Waals surface area contributed by atoms with Crippen molar-refractivity contribution in [2.45, 2.75) is 59.2 Å². The minimum Gasteiger partial charge on any atom is -0.352 e. The van der Waals surface area contributed by atoms with Gasteiger partial charge < -0.3 is 10.2 Å². The lowest BCUT2D eigenvalue weighted by atomic mass is 10.1. The second-order valence-electron chi connectivity index (χ2n) is 7.31. The smallest absolute Gasteiger partial charge is 0.242 e. The second kappa shape index (κ2) is 10.0. The third kappa shape index (κ3) is 6.19. The van der Waals surface area contributed by atoms with E-state index in [2.05, 4.69) is 5.32 Å². The first-order valence-corrected chi connectivity index (χ1v) is 9.70. The van der Waals surface area contributed by atoms with Gasteiger partial charge in [-0.05, 0) is 50.5 Å². The van der Waals surface area contributed by atoms with Crippen LogP contribution in [0.3, 0.4) is 0 Å². The molecule has 0 saturated heterocycles. The minimum atomic E-state index is -0.628. The summed E-state index contributed by atoms with van der Waals surface area (Å²) in [6.07, 6.45) is 1.03. The molecule has 0 unspecified atom stereocenters. The van der Waals surface area contributed by atoms with Crippen LogP contribution in [0.2, 0.25) is 0 Å². The van der Waals surface area contributed by atoms with E-state index in [1.165, 1.54) is 12.1 Å². The molecular formula is C23H29FN2O2. The van der Waals surface area contributed by atoms with Gasteiger partial charge in [0.25, 0.3) is 0 Å². The first kappa shape index (κ1) is 21.6.